The zero-order valence-electron chi connectivity index (χ0n) is 18.4. The molecule has 0 saturated carbocycles. The molecule has 0 aliphatic carbocycles. The topological polar surface area (TPSA) is 89.3 Å². The van der Waals surface area contributed by atoms with Crippen molar-refractivity contribution in [2.24, 2.45) is 0 Å². The fraction of sp³-hybridized carbons (Fsp3) is 0.154. The highest BCUT2D eigenvalue weighted by Crippen LogP contribution is 2.25. The van der Waals surface area contributed by atoms with Gasteiger partial charge in [0.1, 0.15) is 11.5 Å². The van der Waals surface area contributed by atoms with Gasteiger partial charge in [-0.05, 0) is 67.4 Å². The van der Waals surface area contributed by atoms with Crippen molar-refractivity contribution in [3.63, 3.8) is 0 Å². The number of aromatic nitrogens is 1. The minimum Gasteiger partial charge on any atom is -0.441 e. The van der Waals surface area contributed by atoms with Gasteiger partial charge in [-0.1, -0.05) is 37.3 Å². The van der Waals surface area contributed by atoms with Crippen molar-refractivity contribution in [1.82, 2.24) is 4.98 Å². The Morgan fingerprint density at radius 2 is 1.70 bits per heavy atom. The fourth-order valence-corrected chi connectivity index (χ4v) is 4.78. The van der Waals surface area contributed by atoms with Crippen LogP contribution in [0.1, 0.15) is 34.3 Å². The molecule has 6 nitrogen and oxygen atoms in total. The maximum atomic E-state index is 12.7. The minimum absolute atomic E-state index is 0.215. The first kappa shape index (κ1) is 22.5. The van der Waals surface area contributed by atoms with Crippen LogP contribution < -0.4 is 5.32 Å². The van der Waals surface area contributed by atoms with Gasteiger partial charge in [-0.2, -0.15) is 0 Å². The van der Waals surface area contributed by atoms with Crippen LogP contribution in [0.2, 0.25) is 0 Å². The monoisotopic (exact) mass is 460 g/mol. The molecular formula is C26H24N2O4S. The van der Waals surface area contributed by atoms with Crippen LogP contribution in [0.5, 0.6) is 0 Å². The number of carbonyl (C=O) groups is 1. The van der Waals surface area contributed by atoms with Crippen LogP contribution in [0.3, 0.4) is 0 Å². The predicted octanol–water partition coefficient (Wildman–Crippen LogP) is 5.44. The van der Waals surface area contributed by atoms with Gasteiger partial charge in [-0.15, -0.1) is 0 Å². The van der Waals surface area contributed by atoms with E-state index >= 15 is 0 Å². The molecule has 0 unspecified atom stereocenters. The third kappa shape index (κ3) is 5.21. The lowest BCUT2D eigenvalue weighted by Gasteiger charge is -2.07. The van der Waals surface area contributed by atoms with Crippen molar-refractivity contribution in [2.45, 2.75) is 30.9 Å². The number of rotatable bonds is 7. The largest absolute Gasteiger partial charge is 0.441 e. The summed E-state index contributed by atoms with van der Waals surface area (Å²) in [4.78, 5) is 17.2. The summed E-state index contributed by atoms with van der Waals surface area (Å²) in [5.74, 6) is 0.299. The van der Waals surface area contributed by atoms with Crippen LogP contribution in [-0.4, -0.2) is 19.3 Å². The number of anilines is 1. The van der Waals surface area contributed by atoms with E-state index in [0.29, 0.717) is 28.5 Å². The Balaban J connectivity index is 1.49. The Bertz CT molecular complexity index is 1380. The zero-order chi connectivity index (χ0) is 23.4. The van der Waals surface area contributed by atoms with Gasteiger partial charge in [0.05, 0.1) is 10.6 Å². The van der Waals surface area contributed by atoms with Crippen LogP contribution in [0.25, 0.3) is 11.5 Å². The highest BCUT2D eigenvalue weighted by atomic mass is 32.2. The first-order valence-electron chi connectivity index (χ1n) is 10.6. The molecule has 0 aliphatic rings. The molecule has 0 saturated heterocycles. The molecular weight excluding hydrogens is 436 g/mol. The van der Waals surface area contributed by atoms with Crippen molar-refractivity contribution >= 4 is 21.4 Å². The number of nitrogens with zero attached hydrogens (tertiary/aromatic N) is 1. The van der Waals surface area contributed by atoms with Crippen molar-refractivity contribution in [3.05, 3.63) is 101 Å². The molecule has 0 atom stereocenters. The molecule has 4 aromatic rings. The molecule has 0 fully saturated rings. The lowest BCUT2D eigenvalue weighted by molar-refractivity contribution is 0.102. The van der Waals surface area contributed by atoms with Gasteiger partial charge >= 0.3 is 0 Å². The van der Waals surface area contributed by atoms with Crippen molar-refractivity contribution in [1.29, 1.82) is 0 Å². The van der Waals surface area contributed by atoms with E-state index in [2.05, 4.69) is 17.2 Å². The number of oxazole rings is 1. The Kier molecular flexibility index (Phi) is 6.42. The van der Waals surface area contributed by atoms with Gasteiger partial charge in [-0.3, -0.25) is 4.79 Å². The van der Waals surface area contributed by atoms with E-state index in [0.717, 1.165) is 17.7 Å². The summed E-state index contributed by atoms with van der Waals surface area (Å²) in [6.45, 7) is 3.76. The predicted molar refractivity (Wildman–Crippen MR) is 128 cm³/mol. The first-order valence-corrected chi connectivity index (χ1v) is 12.3. The van der Waals surface area contributed by atoms with Gasteiger partial charge in [0, 0.05) is 16.8 Å². The Labute approximate surface area is 193 Å². The van der Waals surface area contributed by atoms with Gasteiger partial charge in [0.15, 0.2) is 9.84 Å². The van der Waals surface area contributed by atoms with Crippen LogP contribution in [0.15, 0.2) is 88.2 Å². The highest BCUT2D eigenvalue weighted by molar-refractivity contribution is 7.90. The molecule has 0 aliphatic heterocycles. The zero-order valence-corrected chi connectivity index (χ0v) is 19.2. The van der Waals surface area contributed by atoms with E-state index < -0.39 is 9.84 Å². The molecule has 7 heteroatoms. The summed E-state index contributed by atoms with van der Waals surface area (Å²) in [5, 5.41) is 2.90. The number of benzene rings is 3. The summed E-state index contributed by atoms with van der Waals surface area (Å²) in [6, 6.07) is 22.8. The SMILES string of the molecule is CCc1cccc(NC(=O)c2ccc(-c3nc(CS(=O)(=O)c4ccccc4)c(C)o3)cc2)c1. The lowest BCUT2D eigenvalue weighted by atomic mass is 10.1. The molecule has 33 heavy (non-hydrogen) atoms. The highest BCUT2D eigenvalue weighted by Gasteiger charge is 2.21. The van der Waals surface area contributed by atoms with Crippen LogP contribution in [-0.2, 0) is 22.0 Å². The van der Waals surface area contributed by atoms with Crippen molar-refractivity contribution in [3.8, 4) is 11.5 Å². The second-order valence-electron chi connectivity index (χ2n) is 7.68. The molecule has 3 aromatic carbocycles. The van der Waals surface area contributed by atoms with E-state index in [1.807, 2.05) is 24.3 Å². The Morgan fingerprint density at radius 3 is 2.39 bits per heavy atom. The maximum absolute atomic E-state index is 12.7. The molecule has 0 spiro atoms. The van der Waals surface area contributed by atoms with Crippen molar-refractivity contribution in [2.75, 3.05) is 5.32 Å². The minimum atomic E-state index is -3.53. The average molecular weight is 461 g/mol. The summed E-state index contributed by atoms with van der Waals surface area (Å²) >= 11 is 0. The maximum Gasteiger partial charge on any atom is 0.255 e. The second-order valence-corrected chi connectivity index (χ2v) is 9.67. The first-order chi connectivity index (χ1) is 15.9. The summed E-state index contributed by atoms with van der Waals surface area (Å²) in [5.41, 5.74) is 3.41. The number of aryl methyl sites for hydroxylation is 2. The smallest absolute Gasteiger partial charge is 0.255 e. The van der Waals surface area contributed by atoms with Crippen LogP contribution in [0.4, 0.5) is 5.69 Å². The normalized spacial score (nSPS) is 11.3. The molecule has 0 radical (unpaired) electrons. The molecule has 1 aromatic heterocycles. The molecule has 1 heterocycles. The van der Waals surface area contributed by atoms with E-state index in [4.69, 9.17) is 4.42 Å². The summed E-state index contributed by atoms with van der Waals surface area (Å²) in [6.07, 6.45) is 0.891. The summed E-state index contributed by atoms with van der Waals surface area (Å²) < 4.78 is 31.1. The average Bonchev–Trinajstić information content (AvgIpc) is 3.19. The second kappa shape index (κ2) is 9.42. The number of carbonyl (C=O) groups excluding carboxylic acids is 1. The van der Waals surface area contributed by atoms with Gasteiger partial charge < -0.3 is 9.73 Å². The molecule has 1 amide bonds. The number of hydrogen-bond donors (Lipinski definition) is 1. The van der Waals surface area contributed by atoms with E-state index in [1.54, 1.807) is 61.5 Å². The van der Waals surface area contributed by atoms with Gasteiger partial charge in [0.2, 0.25) is 5.89 Å². The third-order valence-corrected chi connectivity index (χ3v) is 6.95. The molecule has 0 bridgehead atoms. The van der Waals surface area contributed by atoms with E-state index in [-0.39, 0.29) is 16.6 Å². The van der Waals surface area contributed by atoms with Crippen LogP contribution >= 0.6 is 0 Å². The fourth-order valence-electron chi connectivity index (χ4n) is 3.41. The molecule has 1 N–H and O–H groups in total. The van der Waals surface area contributed by atoms with E-state index in [1.165, 1.54) is 0 Å². The molecule has 168 valence electrons. The summed E-state index contributed by atoms with van der Waals surface area (Å²) in [7, 11) is -3.53. The number of amides is 1. The number of nitrogens with one attached hydrogen (secondary N) is 1. The quantitative estimate of drug-likeness (QED) is 0.397. The Hall–Kier alpha value is -3.71. The Morgan fingerprint density at radius 1 is 0.970 bits per heavy atom. The van der Waals surface area contributed by atoms with Gasteiger partial charge in [0.25, 0.3) is 5.91 Å². The third-order valence-electron chi connectivity index (χ3n) is 5.31. The van der Waals surface area contributed by atoms with Crippen LogP contribution in [0, 0.1) is 6.92 Å². The number of hydrogen-bond acceptors (Lipinski definition) is 5. The lowest BCUT2D eigenvalue weighted by Crippen LogP contribution is -2.11. The van der Waals surface area contributed by atoms with Crippen molar-refractivity contribution < 1.29 is 17.6 Å². The van der Waals surface area contributed by atoms with E-state index in [9.17, 15) is 13.2 Å². The van der Waals surface area contributed by atoms with Gasteiger partial charge in [-0.25, -0.2) is 13.4 Å². The number of sulfone groups is 1. The molecule has 4 rings (SSSR count). The standard InChI is InChI=1S/C26H24N2O4S/c1-3-19-8-7-9-22(16-19)27-25(29)20-12-14-21(15-13-20)26-28-24(18(2)32-26)17-33(30,31)23-10-5-4-6-11-23/h4-16H,3,17H2,1-2H3,(H,27,29).